The van der Waals surface area contributed by atoms with Crippen molar-refractivity contribution in [2.24, 2.45) is 5.16 Å². The summed E-state index contributed by atoms with van der Waals surface area (Å²) in [6.07, 6.45) is 1.48. The van der Waals surface area contributed by atoms with E-state index in [1.807, 2.05) is 0 Å². The van der Waals surface area contributed by atoms with Gasteiger partial charge < -0.3 is 9.57 Å². The van der Waals surface area contributed by atoms with Crippen LogP contribution in [0.1, 0.15) is 40.3 Å². The van der Waals surface area contributed by atoms with E-state index in [4.69, 9.17) is 14.1 Å². The highest BCUT2D eigenvalue weighted by Crippen LogP contribution is 2.20. The average molecular weight is 392 g/mol. The summed E-state index contributed by atoms with van der Waals surface area (Å²) >= 11 is 0.799. The van der Waals surface area contributed by atoms with Crippen LogP contribution in [0.4, 0.5) is 5.13 Å². The van der Waals surface area contributed by atoms with Crippen molar-refractivity contribution in [1.29, 1.82) is 0 Å². The zero-order valence-corrected chi connectivity index (χ0v) is 15.8. The van der Waals surface area contributed by atoms with Crippen molar-refractivity contribution < 1.29 is 32.1 Å². The van der Waals surface area contributed by atoms with Crippen LogP contribution in [0.5, 0.6) is 0 Å². The fourth-order valence-electron chi connectivity index (χ4n) is 1.26. The number of nitrogens with zero attached hydrogens (tertiary/aromatic N) is 2. The van der Waals surface area contributed by atoms with Gasteiger partial charge in [-0.3, -0.25) is 9.35 Å². The summed E-state index contributed by atoms with van der Waals surface area (Å²) in [7, 11) is -4.49. The molecular weight excluding hydrogens is 374 g/mol. The van der Waals surface area contributed by atoms with Gasteiger partial charge >= 0.3 is 16.3 Å². The van der Waals surface area contributed by atoms with Crippen molar-refractivity contribution in [3.63, 3.8) is 0 Å². The Morgan fingerprint density at radius 2 is 1.96 bits per heavy atom. The van der Waals surface area contributed by atoms with Gasteiger partial charge in [-0.1, -0.05) is 5.16 Å². The first kappa shape index (κ1) is 21.0. The summed E-state index contributed by atoms with van der Waals surface area (Å²) in [6.45, 7) is 7.87. The zero-order valence-electron chi connectivity index (χ0n) is 14.2. The summed E-state index contributed by atoms with van der Waals surface area (Å²) in [4.78, 5) is 31.9. The van der Waals surface area contributed by atoms with Crippen molar-refractivity contribution in [1.82, 2.24) is 4.98 Å². The summed E-state index contributed by atoms with van der Waals surface area (Å²) in [5.74, 6) is -0.694. The first-order chi connectivity index (χ1) is 11.2. The Bertz CT molecular complexity index is 776. The predicted octanol–water partition coefficient (Wildman–Crippen LogP) is 1.31. The quantitative estimate of drug-likeness (QED) is 0.306. The topological polar surface area (TPSA) is 144 Å². The minimum absolute atomic E-state index is 0.0499. The van der Waals surface area contributed by atoms with Crippen molar-refractivity contribution in [3.05, 3.63) is 11.1 Å². The molecule has 0 saturated heterocycles. The number of aromatic nitrogens is 1. The molecule has 0 bridgehead atoms. The second-order valence-electron chi connectivity index (χ2n) is 6.26. The zero-order chi connectivity index (χ0) is 19.5. The molecule has 0 aliphatic carbocycles. The van der Waals surface area contributed by atoms with Gasteiger partial charge in [0.1, 0.15) is 11.3 Å². The summed E-state index contributed by atoms with van der Waals surface area (Å²) in [6, 6.07) is 0. The largest absolute Gasteiger partial charge is 0.457 e. The van der Waals surface area contributed by atoms with Crippen LogP contribution in [0.15, 0.2) is 10.5 Å². The third kappa shape index (κ3) is 7.15. The number of hydrogen-bond acceptors (Lipinski definition) is 9. The van der Waals surface area contributed by atoms with E-state index < -0.39 is 33.2 Å². The van der Waals surface area contributed by atoms with Gasteiger partial charge in [-0.15, -0.1) is 11.3 Å². The molecule has 0 saturated carbocycles. The second kappa shape index (κ2) is 7.45. The van der Waals surface area contributed by atoms with E-state index >= 15 is 0 Å². The summed E-state index contributed by atoms with van der Waals surface area (Å²) < 4.78 is 37.0. The molecule has 10 nitrogen and oxygen atoms in total. The monoisotopic (exact) mass is 392 g/mol. The van der Waals surface area contributed by atoms with E-state index in [1.165, 1.54) is 25.5 Å². The van der Waals surface area contributed by atoms with E-state index in [-0.39, 0.29) is 10.8 Å². The molecule has 0 aromatic carbocycles. The molecule has 12 heteroatoms. The van der Waals surface area contributed by atoms with Crippen LogP contribution in [-0.4, -0.2) is 47.1 Å². The minimum Gasteiger partial charge on any atom is -0.457 e. The highest BCUT2D eigenvalue weighted by Gasteiger charge is 2.35. The number of hydrogen-bond donors (Lipinski definition) is 2. The number of carbonyl (C=O) groups is 1. The Morgan fingerprint density at radius 3 is 2.44 bits per heavy atom. The second-order valence-corrected chi connectivity index (χ2v) is 8.27. The number of ether oxygens (including phenoxy) is 1. The van der Waals surface area contributed by atoms with Gasteiger partial charge in [0.25, 0.3) is 6.29 Å². The third-order valence-electron chi connectivity index (χ3n) is 2.32. The highest BCUT2D eigenvalue weighted by atomic mass is 32.2. The third-order valence-corrected chi connectivity index (χ3v) is 3.65. The molecule has 1 aromatic rings. The van der Waals surface area contributed by atoms with Gasteiger partial charge in [0.2, 0.25) is 5.60 Å². The lowest BCUT2D eigenvalue weighted by Crippen LogP contribution is -2.40. The Labute approximate surface area is 149 Å². The van der Waals surface area contributed by atoms with E-state index in [1.54, 1.807) is 25.5 Å². The van der Waals surface area contributed by atoms with Crippen LogP contribution >= 0.6 is 11.3 Å². The van der Waals surface area contributed by atoms with Gasteiger partial charge in [0, 0.05) is 5.38 Å². The van der Waals surface area contributed by atoms with Gasteiger partial charge in [-0.05, 0) is 34.6 Å². The Morgan fingerprint density at radius 1 is 1.36 bits per heavy atom. The first-order valence-corrected chi connectivity index (χ1v) is 9.14. The van der Waals surface area contributed by atoms with Crippen molar-refractivity contribution in [2.45, 2.75) is 45.8 Å². The molecule has 0 spiro atoms. The maximum atomic E-state index is 12.0. The maximum Gasteiger partial charge on any atom is 0.359 e. The van der Waals surface area contributed by atoms with Crippen LogP contribution in [0.25, 0.3) is 0 Å². The number of rotatable bonds is 7. The van der Waals surface area contributed by atoms with Crippen LogP contribution in [0.2, 0.25) is 0 Å². The summed E-state index contributed by atoms with van der Waals surface area (Å²) in [5.41, 5.74) is -2.66. The molecule has 25 heavy (non-hydrogen) atoms. The molecule has 0 aliphatic rings. The molecule has 0 fully saturated rings. The lowest BCUT2D eigenvalue weighted by atomic mass is 10.1. The van der Waals surface area contributed by atoms with Gasteiger partial charge in [0.05, 0.1) is 0 Å². The van der Waals surface area contributed by atoms with Crippen LogP contribution in [0.3, 0.4) is 0 Å². The maximum absolute atomic E-state index is 12.0. The number of carbonyl (C=O) groups excluding carboxylic acids is 2. The normalized spacial score (nSPS) is 13.3. The molecule has 0 atom stereocenters. The van der Waals surface area contributed by atoms with E-state index in [2.05, 4.69) is 10.1 Å². The van der Waals surface area contributed by atoms with E-state index in [0.29, 0.717) is 0 Å². The number of oxime groups is 1. The van der Waals surface area contributed by atoms with Crippen molar-refractivity contribution in [2.75, 3.05) is 4.72 Å². The molecule has 0 aliphatic heterocycles. The SMILES string of the molecule is CC(C)(C)OC(=O)C(C)(C)ON=C([C]=O)c1csc(NS(=O)(=O)O)n1. The van der Waals surface area contributed by atoms with Gasteiger partial charge in [-0.25, -0.2) is 14.5 Å². The molecule has 0 amide bonds. The average Bonchev–Trinajstić information content (AvgIpc) is 2.83. The van der Waals surface area contributed by atoms with Crippen molar-refractivity contribution in [3.8, 4) is 0 Å². The predicted molar refractivity (Wildman–Crippen MR) is 90.5 cm³/mol. The highest BCUT2D eigenvalue weighted by molar-refractivity contribution is 7.87. The molecule has 139 valence electrons. The summed E-state index contributed by atoms with van der Waals surface area (Å²) in [5, 5.41) is 4.65. The molecule has 2 N–H and O–H groups in total. The van der Waals surface area contributed by atoms with E-state index in [9.17, 15) is 18.0 Å². The molecule has 1 rings (SSSR count). The molecule has 1 radical (unpaired) electrons. The molecule has 0 unspecified atom stereocenters. The van der Waals surface area contributed by atoms with Crippen LogP contribution in [0, 0.1) is 0 Å². The smallest absolute Gasteiger partial charge is 0.359 e. The van der Waals surface area contributed by atoms with Crippen LogP contribution in [-0.2, 0) is 29.5 Å². The molecule has 1 heterocycles. The number of anilines is 1. The lowest BCUT2D eigenvalue weighted by Gasteiger charge is -2.26. The van der Waals surface area contributed by atoms with E-state index in [0.717, 1.165) is 11.3 Å². The minimum atomic E-state index is -4.49. The van der Waals surface area contributed by atoms with Crippen molar-refractivity contribution >= 4 is 44.7 Å². The molecular formula is C13H18N3O7S2. The van der Waals surface area contributed by atoms with Gasteiger partial charge in [-0.2, -0.15) is 8.42 Å². The Hall–Kier alpha value is -2.05. The number of nitrogens with one attached hydrogen (secondary N) is 1. The number of thiazole rings is 1. The first-order valence-electron chi connectivity index (χ1n) is 6.82. The Balaban J connectivity index is 2.93. The van der Waals surface area contributed by atoms with Crippen LogP contribution < -0.4 is 4.72 Å². The fraction of sp³-hybridized carbons (Fsp3) is 0.538. The fourth-order valence-corrected chi connectivity index (χ4v) is 2.57. The number of esters is 1. The standard InChI is InChI=1S/C13H18N3O7S2/c1-12(2,3)22-10(18)13(4,5)23-15-8(6-17)9-7-24-11(14-9)16-25(19,20)21/h7H,1-5H3,(H,14,16)(H,19,20,21). The molecule has 1 aromatic heterocycles. The van der Waals surface area contributed by atoms with Gasteiger partial charge in [0.15, 0.2) is 10.8 Å². The lowest BCUT2D eigenvalue weighted by molar-refractivity contribution is -0.179. The Kier molecular flexibility index (Phi) is 6.26.